The average Bonchev–Trinajstić information content (AvgIpc) is 3.67. The molecule has 12 heteroatoms. The lowest BCUT2D eigenvalue weighted by Crippen LogP contribution is -2.35. The largest absolute Gasteiger partial charge is 0.496 e. The first kappa shape index (κ1) is 32.2. The molecule has 0 saturated carbocycles. The predicted octanol–water partition coefficient (Wildman–Crippen LogP) is 5.94. The van der Waals surface area contributed by atoms with Crippen molar-refractivity contribution in [2.75, 3.05) is 32.1 Å². The van der Waals surface area contributed by atoms with Crippen LogP contribution >= 0.6 is 23.2 Å². The van der Waals surface area contributed by atoms with Crippen molar-refractivity contribution >= 4 is 40.6 Å². The molecule has 0 aliphatic carbocycles. The van der Waals surface area contributed by atoms with Crippen LogP contribution in [-0.4, -0.2) is 64.8 Å². The van der Waals surface area contributed by atoms with Gasteiger partial charge in [-0.15, -0.1) is 0 Å². The number of hydrogen-bond donors (Lipinski definition) is 4. The predicted molar refractivity (Wildman–Crippen MR) is 178 cm³/mol. The van der Waals surface area contributed by atoms with Crippen molar-refractivity contribution < 1.29 is 19.0 Å². The summed E-state index contributed by atoms with van der Waals surface area (Å²) in [5.74, 6) is 0.377. The van der Waals surface area contributed by atoms with Crippen LogP contribution in [0, 0.1) is 5.82 Å². The van der Waals surface area contributed by atoms with Gasteiger partial charge in [0, 0.05) is 85.4 Å². The Kier molecular flexibility index (Phi) is 10.0. The van der Waals surface area contributed by atoms with Crippen LogP contribution in [0.4, 0.5) is 15.9 Å². The van der Waals surface area contributed by atoms with Crippen LogP contribution in [0.25, 0.3) is 22.4 Å². The number of aliphatic hydroxyl groups is 1. The molecule has 0 unspecified atom stereocenters. The molecule has 4 heterocycles. The Balaban J connectivity index is 1.21. The highest BCUT2D eigenvalue weighted by molar-refractivity contribution is 6.39. The highest BCUT2D eigenvalue weighted by atomic mass is 35.5. The molecule has 2 aromatic heterocycles. The van der Waals surface area contributed by atoms with Gasteiger partial charge in [0.1, 0.15) is 5.75 Å². The third-order valence-electron chi connectivity index (χ3n) is 8.39. The summed E-state index contributed by atoms with van der Waals surface area (Å²) in [4.78, 5) is 22.3. The van der Waals surface area contributed by atoms with Gasteiger partial charge in [0.25, 0.3) is 0 Å². The van der Waals surface area contributed by atoms with Gasteiger partial charge >= 0.3 is 0 Å². The van der Waals surface area contributed by atoms with E-state index in [0.29, 0.717) is 89.4 Å². The normalized spacial score (nSPS) is 18.2. The van der Waals surface area contributed by atoms with Crippen molar-refractivity contribution in [2.45, 2.75) is 44.5 Å². The Bertz CT molecular complexity index is 1740. The van der Waals surface area contributed by atoms with Crippen molar-refractivity contribution in [3.05, 3.63) is 87.9 Å². The summed E-state index contributed by atoms with van der Waals surface area (Å²) in [6.45, 7) is 2.87. The highest BCUT2D eigenvalue weighted by Gasteiger charge is 2.23. The van der Waals surface area contributed by atoms with E-state index >= 15 is 4.39 Å². The molecule has 2 aliphatic heterocycles. The molecule has 2 atom stereocenters. The molecule has 2 aromatic carbocycles. The molecule has 240 valence electrons. The highest BCUT2D eigenvalue weighted by Crippen LogP contribution is 2.42. The average molecular weight is 666 g/mol. The monoisotopic (exact) mass is 664 g/mol. The lowest BCUT2D eigenvalue weighted by Gasteiger charge is -2.18. The minimum atomic E-state index is -0.465. The fraction of sp³-hybridized carbons (Fsp3) is 0.324. The van der Waals surface area contributed by atoms with Crippen LogP contribution in [0.1, 0.15) is 30.4 Å². The number of pyridine rings is 2. The number of carbonyl (C=O) groups is 1. The number of β-amino-alcohol motifs (C(OH)–C–C–N with tert-alkyl or cyclic N) is 1. The Hall–Kier alpha value is -3.80. The number of methoxy groups -OCH3 is 1. The summed E-state index contributed by atoms with van der Waals surface area (Å²) in [5, 5.41) is 20.0. The zero-order chi connectivity index (χ0) is 32.2. The van der Waals surface area contributed by atoms with Crippen molar-refractivity contribution in [3.63, 3.8) is 0 Å². The minimum absolute atomic E-state index is 0.0625. The lowest BCUT2D eigenvalue weighted by molar-refractivity contribution is -0.119. The first-order valence-corrected chi connectivity index (χ1v) is 16.0. The number of benzene rings is 2. The third kappa shape index (κ3) is 7.11. The van der Waals surface area contributed by atoms with Crippen molar-refractivity contribution in [1.29, 1.82) is 0 Å². The Morgan fingerprint density at radius 2 is 1.89 bits per heavy atom. The zero-order valence-corrected chi connectivity index (χ0v) is 26.8. The molecular weight excluding hydrogens is 630 g/mol. The van der Waals surface area contributed by atoms with Crippen molar-refractivity contribution in [1.82, 2.24) is 25.5 Å². The van der Waals surface area contributed by atoms with Crippen LogP contribution < -0.4 is 20.7 Å². The molecule has 0 spiro atoms. The second-order valence-electron chi connectivity index (χ2n) is 11.6. The summed E-state index contributed by atoms with van der Waals surface area (Å²) in [6, 6.07) is 14.8. The lowest BCUT2D eigenvalue weighted by atomic mass is 10.0. The Labute approximate surface area is 277 Å². The van der Waals surface area contributed by atoms with Gasteiger partial charge in [-0.05, 0) is 37.1 Å². The fourth-order valence-electron chi connectivity index (χ4n) is 5.96. The molecule has 9 nitrogen and oxygen atoms in total. The molecule has 1 amide bonds. The van der Waals surface area contributed by atoms with E-state index in [1.54, 1.807) is 37.7 Å². The number of ether oxygens (including phenoxy) is 1. The molecule has 2 saturated heterocycles. The van der Waals surface area contributed by atoms with E-state index in [1.807, 2.05) is 35.2 Å². The number of nitrogens with zero attached hydrogens (tertiary/aromatic N) is 3. The van der Waals surface area contributed by atoms with Gasteiger partial charge in [0.15, 0.2) is 11.6 Å². The van der Waals surface area contributed by atoms with E-state index in [1.165, 1.54) is 0 Å². The molecule has 0 radical (unpaired) electrons. The van der Waals surface area contributed by atoms with Crippen LogP contribution in [-0.2, 0) is 17.9 Å². The zero-order valence-electron chi connectivity index (χ0n) is 25.3. The van der Waals surface area contributed by atoms with Gasteiger partial charge in [-0.25, -0.2) is 9.37 Å². The van der Waals surface area contributed by atoms with E-state index in [9.17, 15) is 9.90 Å². The molecule has 4 N–H and O–H groups in total. The number of anilines is 2. The first-order chi connectivity index (χ1) is 22.3. The molecule has 4 aromatic rings. The molecule has 2 fully saturated rings. The molecular formula is C34H35Cl2FN6O3. The molecule has 2 aliphatic rings. The Morgan fingerprint density at radius 1 is 1.07 bits per heavy atom. The van der Waals surface area contributed by atoms with Gasteiger partial charge in [0.05, 0.1) is 34.6 Å². The van der Waals surface area contributed by atoms with E-state index in [0.717, 1.165) is 17.5 Å². The molecule has 46 heavy (non-hydrogen) atoms. The summed E-state index contributed by atoms with van der Waals surface area (Å²) >= 11 is 13.9. The molecule has 0 bridgehead atoms. The van der Waals surface area contributed by atoms with Gasteiger partial charge < -0.3 is 25.8 Å². The van der Waals surface area contributed by atoms with E-state index in [-0.39, 0.29) is 23.9 Å². The maximum Gasteiger partial charge on any atom is 0.220 e. The minimum Gasteiger partial charge on any atom is -0.496 e. The van der Waals surface area contributed by atoms with Gasteiger partial charge in [0.2, 0.25) is 5.91 Å². The number of likely N-dealkylation sites (tertiary alicyclic amines) is 1. The number of aliphatic hydroxyl groups excluding tert-OH is 1. The maximum atomic E-state index is 15.5. The number of rotatable bonds is 11. The van der Waals surface area contributed by atoms with Crippen LogP contribution in [0.5, 0.6) is 5.75 Å². The quantitative estimate of drug-likeness (QED) is 0.156. The second-order valence-corrected chi connectivity index (χ2v) is 12.3. The number of halogens is 3. The smallest absolute Gasteiger partial charge is 0.220 e. The third-order valence-corrected chi connectivity index (χ3v) is 9.18. The van der Waals surface area contributed by atoms with E-state index in [2.05, 4.69) is 25.9 Å². The van der Waals surface area contributed by atoms with Gasteiger partial charge in [-0.2, -0.15) is 0 Å². The number of carbonyl (C=O) groups excluding carboxylic acids is 1. The van der Waals surface area contributed by atoms with Gasteiger partial charge in [-0.1, -0.05) is 47.5 Å². The summed E-state index contributed by atoms with van der Waals surface area (Å²) < 4.78 is 21.2. The number of nitrogens with one attached hydrogen (secondary N) is 3. The van der Waals surface area contributed by atoms with Crippen LogP contribution in [0.15, 0.2) is 60.9 Å². The number of hydrogen-bond acceptors (Lipinski definition) is 8. The summed E-state index contributed by atoms with van der Waals surface area (Å²) in [6.07, 6.45) is 4.93. The Morgan fingerprint density at radius 3 is 2.65 bits per heavy atom. The van der Waals surface area contributed by atoms with Gasteiger partial charge in [-0.3, -0.25) is 14.7 Å². The van der Waals surface area contributed by atoms with Crippen LogP contribution in [0.2, 0.25) is 10.0 Å². The standard InChI is InChI=1S/C34H35Cl2FN6O3/c1-46-28-15-20(5-6-21(28)16-38-17-23-7-8-29(45)41-23)33-31(36)26(10-13-39-33)25-3-2-4-27(30(25)35)42-34-32(37)22(9-12-40-34)18-43-14-11-24(44)19-43/h2-6,9-10,12-13,15,23-24,38,44H,7-8,11,14,16-19H2,1H3,(H,40,42)(H,41,45)/t23-,24-/m1/s1. The summed E-state index contributed by atoms with van der Waals surface area (Å²) in [7, 11) is 1.62. The number of amides is 1. The van der Waals surface area contributed by atoms with E-state index in [4.69, 9.17) is 27.9 Å². The summed E-state index contributed by atoms with van der Waals surface area (Å²) in [5.41, 5.74) is 4.58. The maximum absolute atomic E-state index is 15.5. The van der Waals surface area contributed by atoms with Crippen LogP contribution in [0.3, 0.4) is 0 Å². The number of aromatic nitrogens is 2. The SMILES string of the molecule is COc1cc(-c2nccc(-c3cccc(Nc4nccc(CN5CC[C@@H](O)C5)c4F)c3Cl)c2Cl)ccc1CNC[C@H]1CCC(=O)N1. The topological polar surface area (TPSA) is 112 Å². The fourth-order valence-corrected chi connectivity index (χ4v) is 6.55. The van der Waals surface area contributed by atoms with E-state index < -0.39 is 5.82 Å². The molecule has 6 rings (SSSR count). The van der Waals surface area contributed by atoms with Crippen molar-refractivity contribution in [3.8, 4) is 28.1 Å². The first-order valence-electron chi connectivity index (χ1n) is 15.2. The van der Waals surface area contributed by atoms with Crippen molar-refractivity contribution in [2.24, 2.45) is 0 Å². The second kappa shape index (κ2) is 14.3.